The molecule has 0 unspecified atom stereocenters. The molecular weight excluding hydrogens is 322 g/mol. The first-order valence-corrected chi connectivity index (χ1v) is 9.67. The van der Waals surface area contributed by atoms with Gasteiger partial charge in [-0.05, 0) is 37.5 Å². The normalized spacial score (nSPS) is 17.5. The minimum atomic E-state index is -0.431. The molecule has 3 amide bonds. The van der Waals surface area contributed by atoms with Crippen molar-refractivity contribution in [2.24, 2.45) is 11.7 Å². The Labute approximate surface area is 148 Å². The topological polar surface area (TPSA) is 75.4 Å². The van der Waals surface area contributed by atoms with Crippen LogP contribution in [-0.4, -0.2) is 42.2 Å². The Hall–Kier alpha value is -1.69. The average molecular weight is 350 g/mol. The summed E-state index contributed by atoms with van der Waals surface area (Å²) in [4.78, 5) is 24.9. The number of thioether (sulfide) groups is 1. The number of likely N-dealkylation sites (tertiary alicyclic amines) is 1. The first-order valence-electron chi connectivity index (χ1n) is 8.51. The van der Waals surface area contributed by atoms with Gasteiger partial charge in [-0.15, -0.1) is 0 Å². The zero-order chi connectivity index (χ0) is 17.4. The molecule has 0 saturated carbocycles. The van der Waals surface area contributed by atoms with Crippen LogP contribution in [0.3, 0.4) is 0 Å². The van der Waals surface area contributed by atoms with E-state index in [4.69, 9.17) is 5.73 Å². The Balaban J connectivity index is 1.58. The summed E-state index contributed by atoms with van der Waals surface area (Å²) in [5.74, 6) is 1.95. The lowest BCUT2D eigenvalue weighted by Gasteiger charge is -2.30. The Morgan fingerprint density at radius 3 is 3.00 bits per heavy atom. The van der Waals surface area contributed by atoms with Gasteiger partial charge in [0.25, 0.3) is 0 Å². The monoisotopic (exact) mass is 349 g/mol. The number of nitrogens with one attached hydrogen (secondary N) is 1. The summed E-state index contributed by atoms with van der Waals surface area (Å²) < 4.78 is 0. The number of benzene rings is 1. The summed E-state index contributed by atoms with van der Waals surface area (Å²) in [6.07, 6.45) is 2.62. The number of urea groups is 1. The molecule has 24 heavy (non-hydrogen) atoms. The fourth-order valence-electron chi connectivity index (χ4n) is 2.91. The largest absolute Gasteiger partial charge is 0.356 e. The SMILES string of the molecule is Cc1cccc(CSCCCNC(=O)[C@@H]2CCCN(C(N)=O)C2)c1. The molecule has 5 nitrogen and oxygen atoms in total. The van der Waals surface area contributed by atoms with Gasteiger partial charge >= 0.3 is 6.03 Å². The maximum absolute atomic E-state index is 12.2. The van der Waals surface area contributed by atoms with Crippen molar-refractivity contribution < 1.29 is 9.59 Å². The number of carbonyl (C=O) groups is 2. The van der Waals surface area contributed by atoms with Gasteiger partial charge in [0.05, 0.1) is 5.92 Å². The summed E-state index contributed by atoms with van der Waals surface area (Å²) in [6, 6.07) is 8.12. The van der Waals surface area contributed by atoms with E-state index in [1.54, 1.807) is 4.90 Å². The van der Waals surface area contributed by atoms with Crippen molar-refractivity contribution in [3.05, 3.63) is 35.4 Å². The number of nitrogens with zero attached hydrogens (tertiary/aromatic N) is 1. The molecule has 1 aromatic rings. The van der Waals surface area contributed by atoms with Gasteiger partial charge in [-0.2, -0.15) is 11.8 Å². The van der Waals surface area contributed by atoms with Crippen LogP contribution in [-0.2, 0) is 10.5 Å². The number of piperidine rings is 1. The van der Waals surface area contributed by atoms with Crippen LogP contribution in [0.1, 0.15) is 30.4 Å². The Morgan fingerprint density at radius 2 is 2.25 bits per heavy atom. The second-order valence-electron chi connectivity index (χ2n) is 6.31. The van der Waals surface area contributed by atoms with Crippen molar-refractivity contribution >= 4 is 23.7 Å². The second-order valence-corrected chi connectivity index (χ2v) is 7.41. The summed E-state index contributed by atoms with van der Waals surface area (Å²) >= 11 is 1.89. The van der Waals surface area contributed by atoms with Crippen LogP contribution in [0, 0.1) is 12.8 Å². The second kappa shape index (κ2) is 9.57. The van der Waals surface area contributed by atoms with E-state index in [0.29, 0.717) is 19.6 Å². The van der Waals surface area contributed by atoms with E-state index in [2.05, 4.69) is 36.5 Å². The van der Waals surface area contributed by atoms with Gasteiger partial charge in [0.15, 0.2) is 0 Å². The molecule has 3 N–H and O–H groups in total. The lowest BCUT2D eigenvalue weighted by molar-refractivity contribution is -0.126. The van der Waals surface area contributed by atoms with E-state index < -0.39 is 6.03 Å². The third kappa shape index (κ3) is 6.07. The van der Waals surface area contributed by atoms with Gasteiger partial charge in [-0.1, -0.05) is 29.8 Å². The van der Waals surface area contributed by atoms with Crippen molar-refractivity contribution in [2.75, 3.05) is 25.4 Å². The molecule has 1 saturated heterocycles. The number of carbonyl (C=O) groups excluding carboxylic acids is 2. The zero-order valence-electron chi connectivity index (χ0n) is 14.3. The highest BCUT2D eigenvalue weighted by Crippen LogP contribution is 2.17. The number of aryl methyl sites for hydroxylation is 1. The fraction of sp³-hybridized carbons (Fsp3) is 0.556. The van der Waals surface area contributed by atoms with E-state index in [1.165, 1.54) is 11.1 Å². The van der Waals surface area contributed by atoms with Crippen LogP contribution in [0.15, 0.2) is 24.3 Å². The van der Waals surface area contributed by atoms with Gasteiger partial charge in [-0.3, -0.25) is 4.79 Å². The van der Waals surface area contributed by atoms with Crippen LogP contribution >= 0.6 is 11.8 Å². The minimum absolute atomic E-state index is 0.0460. The summed E-state index contributed by atoms with van der Waals surface area (Å²) in [6.45, 7) is 3.90. The van der Waals surface area contributed by atoms with E-state index in [9.17, 15) is 9.59 Å². The van der Waals surface area contributed by atoms with Gasteiger partial charge in [0, 0.05) is 25.4 Å². The highest BCUT2D eigenvalue weighted by atomic mass is 32.2. The van der Waals surface area contributed by atoms with Gasteiger partial charge in [0.2, 0.25) is 5.91 Å². The number of rotatable bonds is 7. The molecule has 2 rings (SSSR count). The summed E-state index contributed by atoms with van der Waals surface area (Å²) in [7, 11) is 0. The number of hydrogen-bond acceptors (Lipinski definition) is 3. The standard InChI is InChI=1S/C18H27N3O2S/c1-14-5-2-6-15(11-14)13-24-10-4-8-20-17(22)16-7-3-9-21(12-16)18(19)23/h2,5-6,11,16H,3-4,7-10,12-13H2,1H3,(H2,19,23)(H,20,22)/t16-/m1/s1. The summed E-state index contributed by atoms with van der Waals surface area (Å²) in [5.41, 5.74) is 7.93. The van der Waals surface area contributed by atoms with Crippen molar-refractivity contribution in [2.45, 2.75) is 31.9 Å². The minimum Gasteiger partial charge on any atom is -0.356 e. The highest BCUT2D eigenvalue weighted by Gasteiger charge is 2.26. The summed E-state index contributed by atoms with van der Waals surface area (Å²) in [5, 5.41) is 2.99. The van der Waals surface area contributed by atoms with E-state index in [0.717, 1.165) is 30.8 Å². The van der Waals surface area contributed by atoms with Crippen molar-refractivity contribution in [3.8, 4) is 0 Å². The maximum Gasteiger partial charge on any atom is 0.314 e. The molecule has 0 aliphatic carbocycles. The van der Waals surface area contributed by atoms with Gasteiger partial charge < -0.3 is 16.0 Å². The molecule has 1 fully saturated rings. The van der Waals surface area contributed by atoms with Gasteiger partial charge in [0.1, 0.15) is 0 Å². The van der Waals surface area contributed by atoms with E-state index in [1.807, 2.05) is 11.8 Å². The lowest BCUT2D eigenvalue weighted by Crippen LogP contribution is -2.47. The van der Waals surface area contributed by atoms with Crippen molar-refractivity contribution in [1.29, 1.82) is 0 Å². The van der Waals surface area contributed by atoms with Crippen LogP contribution in [0.4, 0.5) is 4.79 Å². The first kappa shape index (κ1) is 18.6. The average Bonchev–Trinajstić information content (AvgIpc) is 2.58. The number of primary amides is 1. The molecule has 1 atom stereocenters. The van der Waals surface area contributed by atoms with Crippen LogP contribution in [0.2, 0.25) is 0 Å². The molecule has 1 aromatic carbocycles. The number of amides is 3. The van der Waals surface area contributed by atoms with Gasteiger partial charge in [-0.25, -0.2) is 4.79 Å². The lowest BCUT2D eigenvalue weighted by atomic mass is 9.97. The molecule has 0 aromatic heterocycles. The molecule has 6 heteroatoms. The third-order valence-corrected chi connectivity index (χ3v) is 5.33. The zero-order valence-corrected chi connectivity index (χ0v) is 15.1. The van der Waals surface area contributed by atoms with Crippen LogP contribution in [0.5, 0.6) is 0 Å². The molecule has 0 spiro atoms. The van der Waals surface area contributed by atoms with E-state index >= 15 is 0 Å². The number of hydrogen-bond donors (Lipinski definition) is 2. The molecular formula is C18H27N3O2S. The Bertz CT molecular complexity index is 565. The van der Waals surface area contributed by atoms with Crippen LogP contribution in [0.25, 0.3) is 0 Å². The molecule has 1 heterocycles. The number of nitrogens with two attached hydrogens (primary N) is 1. The highest BCUT2D eigenvalue weighted by molar-refractivity contribution is 7.98. The third-order valence-electron chi connectivity index (χ3n) is 4.22. The molecule has 1 aliphatic heterocycles. The first-order chi connectivity index (χ1) is 11.6. The predicted molar refractivity (Wildman–Crippen MR) is 98.8 cm³/mol. The Kier molecular flexibility index (Phi) is 7.43. The van der Waals surface area contributed by atoms with E-state index in [-0.39, 0.29) is 11.8 Å². The molecule has 0 radical (unpaired) electrons. The molecule has 132 valence electrons. The molecule has 1 aliphatic rings. The predicted octanol–water partition coefficient (Wildman–Crippen LogP) is 2.53. The maximum atomic E-state index is 12.2. The van der Waals surface area contributed by atoms with Crippen molar-refractivity contribution in [1.82, 2.24) is 10.2 Å². The smallest absolute Gasteiger partial charge is 0.314 e. The van der Waals surface area contributed by atoms with Crippen LogP contribution < -0.4 is 11.1 Å². The quantitative estimate of drug-likeness (QED) is 0.743. The molecule has 0 bridgehead atoms. The van der Waals surface area contributed by atoms with Crippen molar-refractivity contribution in [3.63, 3.8) is 0 Å². The Morgan fingerprint density at radius 1 is 1.42 bits per heavy atom. The fourth-order valence-corrected chi connectivity index (χ4v) is 3.82.